The second kappa shape index (κ2) is 10.9. The molecule has 0 radical (unpaired) electrons. The zero-order valence-electron chi connectivity index (χ0n) is 22.1. The van der Waals surface area contributed by atoms with Gasteiger partial charge < -0.3 is 9.47 Å². The molecule has 2 heteroatoms. The molecular weight excluding hydrogens is 416 g/mol. The lowest BCUT2D eigenvalue weighted by Gasteiger charge is -2.30. The molecular formula is C32H42O2. The van der Waals surface area contributed by atoms with Crippen LogP contribution in [0.5, 0.6) is 0 Å². The van der Waals surface area contributed by atoms with Crippen LogP contribution in [0.15, 0.2) is 84.0 Å². The summed E-state index contributed by atoms with van der Waals surface area (Å²) in [5.74, 6) is 0. The number of benzene rings is 2. The van der Waals surface area contributed by atoms with Gasteiger partial charge in [0.25, 0.3) is 0 Å². The lowest BCUT2D eigenvalue weighted by atomic mass is 9.76. The third-order valence-electron chi connectivity index (χ3n) is 6.63. The summed E-state index contributed by atoms with van der Waals surface area (Å²) in [7, 11) is 0. The lowest BCUT2D eigenvalue weighted by molar-refractivity contribution is 0.120. The summed E-state index contributed by atoms with van der Waals surface area (Å²) >= 11 is 0. The summed E-state index contributed by atoms with van der Waals surface area (Å²) in [4.78, 5) is 0. The topological polar surface area (TPSA) is 18.5 Å². The molecule has 0 aliphatic heterocycles. The second-order valence-corrected chi connectivity index (χ2v) is 11.4. The zero-order chi connectivity index (χ0) is 24.9. The van der Waals surface area contributed by atoms with Crippen LogP contribution in [-0.2, 0) is 33.5 Å². The summed E-state index contributed by atoms with van der Waals surface area (Å²) in [6.07, 6.45) is 1.75. The van der Waals surface area contributed by atoms with Crippen LogP contribution in [0.2, 0.25) is 0 Å². The predicted molar refractivity (Wildman–Crippen MR) is 144 cm³/mol. The number of hydrogen-bond acceptors (Lipinski definition) is 2. The van der Waals surface area contributed by atoms with E-state index in [1.54, 1.807) is 0 Å². The first-order chi connectivity index (χ1) is 16.0. The van der Waals surface area contributed by atoms with Gasteiger partial charge in [0.1, 0.15) is 0 Å². The molecule has 0 heterocycles. The quantitative estimate of drug-likeness (QED) is 0.334. The summed E-state index contributed by atoms with van der Waals surface area (Å²) < 4.78 is 11.9. The zero-order valence-corrected chi connectivity index (χ0v) is 22.1. The molecule has 0 saturated carbocycles. The highest BCUT2D eigenvalue weighted by Crippen LogP contribution is 2.41. The minimum atomic E-state index is 0.176. The molecule has 0 aromatic heterocycles. The Bertz CT molecular complexity index is 937. The van der Waals surface area contributed by atoms with Crippen LogP contribution >= 0.6 is 0 Å². The maximum Gasteiger partial charge on any atom is 0.0717 e. The summed E-state index contributed by atoms with van der Waals surface area (Å²) in [5.41, 5.74) is 10.2. The normalized spacial score (nSPS) is 14.5. The van der Waals surface area contributed by atoms with Gasteiger partial charge in [-0.3, -0.25) is 0 Å². The minimum absolute atomic E-state index is 0.176. The molecule has 0 N–H and O–H groups in total. The van der Waals surface area contributed by atoms with Crippen molar-refractivity contribution in [3.63, 3.8) is 0 Å². The maximum absolute atomic E-state index is 5.96. The number of allylic oxidation sites excluding steroid dienone is 2. The summed E-state index contributed by atoms with van der Waals surface area (Å²) in [5, 5.41) is 0. The van der Waals surface area contributed by atoms with Gasteiger partial charge in [0.2, 0.25) is 0 Å². The van der Waals surface area contributed by atoms with Crippen molar-refractivity contribution >= 4 is 0 Å². The van der Waals surface area contributed by atoms with Crippen molar-refractivity contribution in [2.75, 3.05) is 13.2 Å². The minimum Gasteiger partial charge on any atom is -0.376 e. The van der Waals surface area contributed by atoms with Crippen molar-refractivity contribution in [3.05, 3.63) is 106 Å². The van der Waals surface area contributed by atoms with Crippen molar-refractivity contribution in [2.45, 2.75) is 78.4 Å². The fourth-order valence-electron chi connectivity index (χ4n) is 4.20. The Morgan fingerprint density at radius 2 is 0.882 bits per heavy atom. The van der Waals surface area contributed by atoms with Crippen LogP contribution in [0.4, 0.5) is 0 Å². The van der Waals surface area contributed by atoms with E-state index in [1.807, 2.05) is 0 Å². The highest BCUT2D eigenvalue weighted by Gasteiger charge is 2.25. The van der Waals surface area contributed by atoms with E-state index < -0.39 is 0 Å². The molecule has 0 bridgehead atoms. The average Bonchev–Trinajstić information content (AvgIpc) is 2.79. The van der Waals surface area contributed by atoms with Crippen LogP contribution in [-0.4, -0.2) is 13.2 Å². The molecule has 0 atom stereocenters. The smallest absolute Gasteiger partial charge is 0.0717 e. The molecule has 1 aliphatic carbocycles. The Hall–Kier alpha value is -2.42. The van der Waals surface area contributed by atoms with Crippen LogP contribution in [0.1, 0.15) is 76.6 Å². The molecule has 1 aliphatic rings. The molecule has 3 rings (SSSR count). The Balaban J connectivity index is 1.42. The highest BCUT2D eigenvalue weighted by molar-refractivity contribution is 5.67. The van der Waals surface area contributed by atoms with E-state index in [9.17, 15) is 0 Å². The molecule has 2 aromatic carbocycles. The lowest BCUT2D eigenvalue weighted by Crippen LogP contribution is -2.15. The first kappa shape index (κ1) is 26.2. The monoisotopic (exact) mass is 458 g/mol. The molecule has 0 amide bonds. The Labute approximate surface area is 207 Å². The van der Waals surface area contributed by atoms with Crippen molar-refractivity contribution in [1.29, 1.82) is 0 Å². The maximum atomic E-state index is 5.96. The third-order valence-corrected chi connectivity index (χ3v) is 6.63. The van der Waals surface area contributed by atoms with Crippen LogP contribution in [0.3, 0.4) is 0 Å². The van der Waals surface area contributed by atoms with Gasteiger partial charge in [0, 0.05) is 0 Å². The fraction of sp³-hybridized carbons (Fsp3) is 0.438. The van der Waals surface area contributed by atoms with Gasteiger partial charge in [-0.05, 0) is 68.2 Å². The molecule has 0 unspecified atom stereocenters. The Kier molecular flexibility index (Phi) is 8.38. The molecule has 0 spiro atoms. The fourth-order valence-corrected chi connectivity index (χ4v) is 4.20. The van der Waals surface area contributed by atoms with Gasteiger partial charge in [-0.1, -0.05) is 103 Å². The van der Waals surface area contributed by atoms with Gasteiger partial charge in [0.05, 0.1) is 26.4 Å². The van der Waals surface area contributed by atoms with E-state index in [-0.39, 0.29) is 10.8 Å². The SMILES string of the molecule is C=C1C(=C)C(CCOCc2ccc(C(C)(C)C)cc2)=C1CCOCc1ccc(C(C)(C)C)cc1. The molecule has 0 fully saturated rings. The number of hydrogen-bond donors (Lipinski definition) is 0. The van der Waals surface area contributed by atoms with Crippen molar-refractivity contribution in [2.24, 2.45) is 0 Å². The highest BCUT2D eigenvalue weighted by atomic mass is 16.5. The number of rotatable bonds is 10. The predicted octanol–water partition coefficient (Wildman–Crippen LogP) is 8.22. The van der Waals surface area contributed by atoms with Crippen molar-refractivity contribution in [3.8, 4) is 0 Å². The van der Waals surface area contributed by atoms with E-state index in [4.69, 9.17) is 9.47 Å². The van der Waals surface area contributed by atoms with Crippen molar-refractivity contribution < 1.29 is 9.47 Å². The summed E-state index contributed by atoms with van der Waals surface area (Å²) in [6.45, 7) is 24.4. The molecule has 34 heavy (non-hydrogen) atoms. The third kappa shape index (κ3) is 6.81. The van der Waals surface area contributed by atoms with Gasteiger partial charge in [0.15, 0.2) is 0 Å². The van der Waals surface area contributed by atoms with Crippen LogP contribution < -0.4 is 0 Å². The van der Waals surface area contributed by atoms with Crippen molar-refractivity contribution in [1.82, 2.24) is 0 Å². The van der Waals surface area contributed by atoms with E-state index >= 15 is 0 Å². The van der Waals surface area contributed by atoms with E-state index in [0.29, 0.717) is 26.4 Å². The van der Waals surface area contributed by atoms with Gasteiger partial charge in [-0.15, -0.1) is 0 Å². The summed E-state index contributed by atoms with van der Waals surface area (Å²) in [6, 6.07) is 17.5. The first-order valence-electron chi connectivity index (χ1n) is 12.4. The Morgan fingerprint density at radius 3 is 1.18 bits per heavy atom. The molecule has 182 valence electrons. The first-order valence-corrected chi connectivity index (χ1v) is 12.4. The molecule has 2 aromatic rings. The van der Waals surface area contributed by atoms with Gasteiger partial charge in [-0.25, -0.2) is 0 Å². The molecule has 0 saturated heterocycles. The average molecular weight is 459 g/mol. The largest absolute Gasteiger partial charge is 0.376 e. The molecule has 2 nitrogen and oxygen atoms in total. The second-order valence-electron chi connectivity index (χ2n) is 11.4. The standard InChI is InChI=1S/C32H42O2/c1-23-24(2)30(18-20-34-22-26-11-15-28(16-12-26)32(6,7)8)29(23)17-19-33-21-25-9-13-27(14-10-25)31(3,4)5/h9-16H,1-2,17-22H2,3-8H3. The van der Waals surface area contributed by atoms with E-state index in [0.717, 1.165) is 24.0 Å². The Morgan fingerprint density at radius 1 is 0.559 bits per heavy atom. The van der Waals surface area contributed by atoms with Crippen LogP contribution in [0.25, 0.3) is 0 Å². The van der Waals surface area contributed by atoms with E-state index in [2.05, 4.69) is 103 Å². The number of ether oxygens (including phenoxy) is 2. The van der Waals surface area contributed by atoms with Crippen LogP contribution in [0, 0.1) is 0 Å². The van der Waals surface area contributed by atoms with Gasteiger partial charge >= 0.3 is 0 Å². The van der Waals surface area contributed by atoms with E-state index in [1.165, 1.54) is 33.4 Å². The van der Waals surface area contributed by atoms with Gasteiger partial charge in [-0.2, -0.15) is 0 Å².